The molecule has 1 nitrogen and oxygen atoms in total. The zero-order valence-corrected chi connectivity index (χ0v) is 12.6. The van der Waals surface area contributed by atoms with E-state index in [4.69, 9.17) is 0 Å². The molecule has 0 amide bonds. The molecule has 0 aliphatic rings. The van der Waals surface area contributed by atoms with E-state index in [2.05, 4.69) is 21.2 Å². The Morgan fingerprint density at radius 2 is 1.76 bits per heavy atom. The van der Waals surface area contributed by atoms with Crippen LogP contribution in [0.25, 0.3) is 0 Å². The average molecular weight is 362 g/mol. The molecule has 0 bridgehead atoms. The number of benzene rings is 2. The summed E-state index contributed by atoms with van der Waals surface area (Å²) in [6.07, 6.45) is 0.219. The molecule has 1 unspecified atom stereocenters. The Kier molecular flexibility index (Phi) is 5.00. The Hall–Kier alpha value is -1.40. The maximum absolute atomic E-state index is 13.8. The van der Waals surface area contributed by atoms with Gasteiger partial charge in [0.25, 0.3) is 0 Å². The summed E-state index contributed by atoms with van der Waals surface area (Å²) in [6, 6.07) is 5.59. The van der Waals surface area contributed by atoms with Crippen molar-refractivity contribution in [1.29, 1.82) is 0 Å². The van der Waals surface area contributed by atoms with Gasteiger partial charge in [0, 0.05) is 16.1 Å². The lowest BCUT2D eigenvalue weighted by Crippen LogP contribution is -2.21. The van der Waals surface area contributed by atoms with Crippen LogP contribution in [0.15, 0.2) is 34.8 Å². The SMILES string of the molecule is CNC(Cc1cc(F)ccc1Br)c1ccc(F)c(F)c1F. The van der Waals surface area contributed by atoms with E-state index in [1.807, 2.05) is 0 Å². The topological polar surface area (TPSA) is 12.0 Å². The van der Waals surface area contributed by atoms with Gasteiger partial charge in [-0.25, -0.2) is 17.6 Å². The second-order valence-corrected chi connectivity index (χ2v) is 5.40. The zero-order chi connectivity index (χ0) is 15.6. The lowest BCUT2D eigenvalue weighted by Gasteiger charge is -2.18. The third kappa shape index (κ3) is 3.44. The molecule has 0 saturated carbocycles. The standard InChI is InChI=1S/C15H12BrF4N/c1-21-13(7-8-6-9(17)2-4-11(8)16)10-3-5-12(18)15(20)14(10)19/h2-6,13,21H,7H2,1H3. The molecule has 0 spiro atoms. The van der Waals surface area contributed by atoms with Crippen LogP contribution < -0.4 is 5.32 Å². The lowest BCUT2D eigenvalue weighted by atomic mass is 9.98. The maximum atomic E-state index is 13.8. The molecule has 21 heavy (non-hydrogen) atoms. The Labute approximate surface area is 128 Å². The molecule has 6 heteroatoms. The summed E-state index contributed by atoms with van der Waals surface area (Å²) < 4.78 is 54.1. The number of rotatable bonds is 4. The second kappa shape index (κ2) is 6.58. The lowest BCUT2D eigenvalue weighted by molar-refractivity contribution is 0.428. The molecular formula is C15H12BrF4N. The monoisotopic (exact) mass is 361 g/mol. The van der Waals surface area contributed by atoms with E-state index in [-0.39, 0.29) is 12.0 Å². The van der Waals surface area contributed by atoms with Crippen molar-refractivity contribution in [2.45, 2.75) is 12.5 Å². The van der Waals surface area contributed by atoms with Crippen LogP contribution in [0.1, 0.15) is 17.2 Å². The van der Waals surface area contributed by atoms with E-state index in [0.29, 0.717) is 10.0 Å². The summed E-state index contributed by atoms with van der Waals surface area (Å²) in [4.78, 5) is 0. The molecule has 0 aliphatic heterocycles. The number of hydrogen-bond donors (Lipinski definition) is 1. The van der Waals surface area contributed by atoms with Crippen molar-refractivity contribution >= 4 is 15.9 Å². The minimum Gasteiger partial charge on any atom is -0.313 e. The molecule has 0 saturated heterocycles. The summed E-state index contributed by atoms with van der Waals surface area (Å²) in [5, 5.41) is 2.83. The van der Waals surface area contributed by atoms with Crippen molar-refractivity contribution < 1.29 is 17.6 Å². The number of halogens is 5. The summed E-state index contributed by atoms with van der Waals surface area (Å²) in [5.74, 6) is -4.40. The van der Waals surface area contributed by atoms with Gasteiger partial charge in [0.1, 0.15) is 5.82 Å². The van der Waals surface area contributed by atoms with Crippen LogP contribution in [0.4, 0.5) is 17.6 Å². The van der Waals surface area contributed by atoms with Crippen LogP contribution in [-0.2, 0) is 6.42 Å². The smallest absolute Gasteiger partial charge is 0.194 e. The first kappa shape index (κ1) is 16.0. The highest BCUT2D eigenvalue weighted by Crippen LogP contribution is 2.27. The predicted octanol–water partition coefficient (Wildman–Crippen LogP) is 4.51. The normalized spacial score (nSPS) is 12.5. The van der Waals surface area contributed by atoms with Gasteiger partial charge in [-0.2, -0.15) is 0 Å². The molecule has 112 valence electrons. The van der Waals surface area contributed by atoms with Gasteiger partial charge >= 0.3 is 0 Å². The molecule has 2 aromatic rings. The number of nitrogens with one attached hydrogen (secondary N) is 1. The van der Waals surface area contributed by atoms with E-state index >= 15 is 0 Å². The van der Waals surface area contributed by atoms with E-state index < -0.39 is 29.3 Å². The summed E-state index contributed by atoms with van der Waals surface area (Å²) in [7, 11) is 1.57. The van der Waals surface area contributed by atoms with Gasteiger partial charge in [-0.05, 0) is 43.3 Å². The molecule has 0 fully saturated rings. The van der Waals surface area contributed by atoms with Crippen LogP contribution in [0, 0.1) is 23.3 Å². The first-order valence-corrected chi connectivity index (χ1v) is 6.98. The highest BCUT2D eigenvalue weighted by Gasteiger charge is 2.21. The quantitative estimate of drug-likeness (QED) is 0.624. The predicted molar refractivity (Wildman–Crippen MR) is 75.9 cm³/mol. The van der Waals surface area contributed by atoms with Gasteiger partial charge in [-0.15, -0.1) is 0 Å². The van der Waals surface area contributed by atoms with Crippen LogP contribution in [0.5, 0.6) is 0 Å². The molecule has 2 rings (SSSR count). The second-order valence-electron chi connectivity index (χ2n) is 4.55. The summed E-state index contributed by atoms with van der Waals surface area (Å²) in [6.45, 7) is 0. The third-order valence-corrected chi connectivity index (χ3v) is 3.99. The van der Waals surface area contributed by atoms with Crippen molar-refractivity contribution in [3.8, 4) is 0 Å². The van der Waals surface area contributed by atoms with Crippen molar-refractivity contribution in [2.24, 2.45) is 0 Å². The molecule has 1 atom stereocenters. The number of likely N-dealkylation sites (N-methyl/N-ethyl adjacent to an activating group) is 1. The van der Waals surface area contributed by atoms with Crippen LogP contribution >= 0.6 is 15.9 Å². The molecule has 0 heterocycles. The van der Waals surface area contributed by atoms with Crippen molar-refractivity contribution in [1.82, 2.24) is 5.32 Å². The van der Waals surface area contributed by atoms with Gasteiger partial charge < -0.3 is 5.32 Å². The minimum atomic E-state index is -1.51. The Balaban J connectivity index is 2.37. The van der Waals surface area contributed by atoms with Crippen molar-refractivity contribution in [2.75, 3.05) is 7.05 Å². The van der Waals surface area contributed by atoms with Gasteiger partial charge in [0.2, 0.25) is 0 Å². The van der Waals surface area contributed by atoms with Gasteiger partial charge in [0.05, 0.1) is 0 Å². The molecular weight excluding hydrogens is 350 g/mol. The van der Waals surface area contributed by atoms with E-state index in [1.54, 1.807) is 13.1 Å². The molecule has 0 aromatic heterocycles. The average Bonchev–Trinajstić information content (AvgIpc) is 2.46. The van der Waals surface area contributed by atoms with Gasteiger partial charge in [-0.1, -0.05) is 22.0 Å². The van der Waals surface area contributed by atoms with Crippen molar-refractivity contribution in [3.63, 3.8) is 0 Å². The highest BCUT2D eigenvalue weighted by molar-refractivity contribution is 9.10. The van der Waals surface area contributed by atoms with E-state index in [9.17, 15) is 17.6 Å². The molecule has 1 N–H and O–H groups in total. The van der Waals surface area contributed by atoms with Gasteiger partial charge in [0.15, 0.2) is 17.5 Å². The largest absolute Gasteiger partial charge is 0.313 e. The maximum Gasteiger partial charge on any atom is 0.194 e. The summed E-state index contributed by atoms with van der Waals surface area (Å²) >= 11 is 3.28. The third-order valence-electron chi connectivity index (χ3n) is 3.22. The van der Waals surface area contributed by atoms with Crippen LogP contribution in [-0.4, -0.2) is 7.05 Å². The highest BCUT2D eigenvalue weighted by atomic mass is 79.9. The Bertz CT molecular complexity index is 660. The Morgan fingerprint density at radius 3 is 2.43 bits per heavy atom. The number of hydrogen-bond acceptors (Lipinski definition) is 1. The minimum absolute atomic E-state index is 0.00689. The van der Waals surface area contributed by atoms with Gasteiger partial charge in [-0.3, -0.25) is 0 Å². The zero-order valence-electron chi connectivity index (χ0n) is 11.1. The van der Waals surface area contributed by atoms with Crippen molar-refractivity contribution in [3.05, 3.63) is 69.2 Å². The van der Waals surface area contributed by atoms with E-state index in [0.717, 1.165) is 6.07 Å². The van der Waals surface area contributed by atoms with Crippen LogP contribution in [0.3, 0.4) is 0 Å². The molecule has 0 aliphatic carbocycles. The molecule has 0 radical (unpaired) electrons. The fourth-order valence-electron chi connectivity index (χ4n) is 2.10. The van der Waals surface area contributed by atoms with Crippen LogP contribution in [0.2, 0.25) is 0 Å². The fourth-order valence-corrected chi connectivity index (χ4v) is 2.51. The first-order valence-electron chi connectivity index (χ1n) is 6.18. The fraction of sp³-hybridized carbons (Fsp3) is 0.200. The molecule has 2 aromatic carbocycles. The summed E-state index contributed by atoms with van der Waals surface area (Å²) in [5.41, 5.74) is 0.589. The Morgan fingerprint density at radius 1 is 1.05 bits per heavy atom. The van der Waals surface area contributed by atoms with E-state index in [1.165, 1.54) is 18.2 Å². The first-order chi connectivity index (χ1) is 9.93.